The van der Waals surface area contributed by atoms with Crippen molar-refractivity contribution in [3.05, 3.63) is 18.2 Å². The van der Waals surface area contributed by atoms with E-state index >= 15 is 0 Å². The van der Waals surface area contributed by atoms with Crippen LogP contribution < -0.4 is 0 Å². The molecule has 0 unspecified atom stereocenters. The van der Waals surface area contributed by atoms with Crippen LogP contribution >= 0.6 is 0 Å². The molecule has 2 saturated heterocycles. The zero-order valence-electron chi connectivity index (χ0n) is 11.8. The summed E-state index contributed by atoms with van der Waals surface area (Å²) in [6.07, 6.45) is 7.25. The highest BCUT2D eigenvalue weighted by atomic mass is 32.2. The highest BCUT2D eigenvalue weighted by Gasteiger charge is 2.40. The molecule has 2 aliphatic rings. The Hall–Kier alpha value is -0.920. The first-order valence-corrected chi connectivity index (χ1v) is 8.75. The molecule has 2 aliphatic heterocycles. The van der Waals surface area contributed by atoms with E-state index in [1.165, 1.54) is 0 Å². The van der Waals surface area contributed by atoms with Crippen molar-refractivity contribution < 1.29 is 8.42 Å². The van der Waals surface area contributed by atoms with Crippen LogP contribution in [0, 0.1) is 5.92 Å². The Morgan fingerprint density at radius 1 is 1.30 bits per heavy atom. The first-order valence-electron chi connectivity index (χ1n) is 7.35. The number of hydrogen-bond donors (Lipinski definition) is 1. The topological polar surface area (TPSA) is 69.3 Å². The summed E-state index contributed by atoms with van der Waals surface area (Å²) in [7, 11) is -3.36. The largest absolute Gasteiger partial charge is 0.347 e. The number of aromatic amines is 1. The van der Waals surface area contributed by atoms with Crippen LogP contribution in [-0.4, -0.2) is 46.6 Å². The van der Waals surface area contributed by atoms with Gasteiger partial charge in [-0.1, -0.05) is 6.92 Å². The fourth-order valence-electron chi connectivity index (χ4n) is 3.25. The summed E-state index contributed by atoms with van der Waals surface area (Å²) in [5.41, 5.74) is 0. The van der Waals surface area contributed by atoms with Crippen molar-refractivity contribution in [3.8, 4) is 0 Å². The molecule has 0 saturated carbocycles. The van der Waals surface area contributed by atoms with Crippen LogP contribution in [0.5, 0.6) is 0 Å². The molecule has 112 valence electrons. The number of piperidine rings is 1. The van der Waals surface area contributed by atoms with Gasteiger partial charge in [-0.2, -0.15) is 17.0 Å². The molecule has 2 fully saturated rings. The monoisotopic (exact) mass is 298 g/mol. The van der Waals surface area contributed by atoms with Crippen molar-refractivity contribution in [1.82, 2.24) is 18.6 Å². The summed E-state index contributed by atoms with van der Waals surface area (Å²) < 4.78 is 29.0. The van der Waals surface area contributed by atoms with E-state index in [2.05, 4.69) is 16.9 Å². The summed E-state index contributed by atoms with van der Waals surface area (Å²) in [6.45, 7) is 4.01. The van der Waals surface area contributed by atoms with Gasteiger partial charge in [0.25, 0.3) is 10.2 Å². The lowest BCUT2D eigenvalue weighted by Gasteiger charge is -2.34. The summed E-state index contributed by atoms with van der Waals surface area (Å²) in [6, 6.07) is -0.132. The zero-order chi connectivity index (χ0) is 14.2. The lowest BCUT2D eigenvalue weighted by molar-refractivity contribution is 0.252. The third-order valence-electron chi connectivity index (χ3n) is 4.28. The Balaban J connectivity index is 1.83. The van der Waals surface area contributed by atoms with Crippen LogP contribution in [0.4, 0.5) is 0 Å². The predicted octanol–water partition coefficient (Wildman–Crippen LogP) is 1.52. The van der Waals surface area contributed by atoms with E-state index in [0.717, 1.165) is 31.5 Å². The fourth-order valence-corrected chi connectivity index (χ4v) is 5.24. The van der Waals surface area contributed by atoms with E-state index in [0.29, 0.717) is 25.6 Å². The summed E-state index contributed by atoms with van der Waals surface area (Å²) in [5.74, 6) is 1.21. The SMILES string of the molecule is C[C@@H]1CCCN(S(=O)(=O)N2CCC[C@H]2c2ncc[nH]2)C1. The number of imidazole rings is 1. The Kier molecular flexibility index (Phi) is 3.83. The van der Waals surface area contributed by atoms with Gasteiger partial charge >= 0.3 is 0 Å². The minimum Gasteiger partial charge on any atom is -0.347 e. The van der Waals surface area contributed by atoms with E-state index in [1.54, 1.807) is 21.0 Å². The van der Waals surface area contributed by atoms with Crippen LogP contribution in [0.3, 0.4) is 0 Å². The van der Waals surface area contributed by atoms with Crippen LogP contribution in [0.2, 0.25) is 0 Å². The number of hydrogen-bond acceptors (Lipinski definition) is 3. The van der Waals surface area contributed by atoms with Gasteiger partial charge in [0.2, 0.25) is 0 Å². The zero-order valence-corrected chi connectivity index (χ0v) is 12.6. The maximum atomic E-state index is 12.8. The minimum absolute atomic E-state index is 0.132. The summed E-state index contributed by atoms with van der Waals surface area (Å²) in [5, 5.41) is 0. The van der Waals surface area contributed by atoms with E-state index in [1.807, 2.05) is 0 Å². The average Bonchev–Trinajstić information content (AvgIpc) is 3.09. The fraction of sp³-hybridized carbons (Fsp3) is 0.769. The first-order chi connectivity index (χ1) is 9.59. The maximum absolute atomic E-state index is 12.8. The number of nitrogens with zero attached hydrogens (tertiary/aromatic N) is 3. The number of rotatable bonds is 3. The van der Waals surface area contributed by atoms with E-state index in [-0.39, 0.29) is 6.04 Å². The second-order valence-electron chi connectivity index (χ2n) is 5.86. The number of aromatic nitrogens is 2. The molecule has 0 spiro atoms. The number of nitrogens with one attached hydrogen (secondary N) is 1. The molecule has 3 heterocycles. The molecular weight excluding hydrogens is 276 g/mol. The molecule has 0 amide bonds. The van der Waals surface area contributed by atoms with Crippen molar-refractivity contribution in [2.75, 3.05) is 19.6 Å². The van der Waals surface area contributed by atoms with Crippen molar-refractivity contribution in [2.45, 2.75) is 38.6 Å². The Labute approximate surface area is 120 Å². The molecule has 6 nitrogen and oxygen atoms in total. The third-order valence-corrected chi connectivity index (χ3v) is 6.30. The Morgan fingerprint density at radius 3 is 2.80 bits per heavy atom. The second-order valence-corrected chi connectivity index (χ2v) is 7.74. The Bertz CT molecular complexity index is 543. The van der Waals surface area contributed by atoms with Gasteiger partial charge in [-0.05, 0) is 31.6 Å². The van der Waals surface area contributed by atoms with Gasteiger partial charge in [-0.15, -0.1) is 0 Å². The highest BCUT2D eigenvalue weighted by Crippen LogP contribution is 2.34. The van der Waals surface area contributed by atoms with Crippen LogP contribution in [0.1, 0.15) is 44.5 Å². The molecule has 0 aliphatic carbocycles. The average molecular weight is 298 g/mol. The molecule has 2 atom stereocenters. The molecule has 1 N–H and O–H groups in total. The molecule has 7 heteroatoms. The molecule has 0 aromatic carbocycles. The Morgan fingerprint density at radius 2 is 2.10 bits per heavy atom. The molecule has 0 bridgehead atoms. The van der Waals surface area contributed by atoms with E-state index < -0.39 is 10.2 Å². The molecule has 1 aromatic heterocycles. The molecule has 20 heavy (non-hydrogen) atoms. The maximum Gasteiger partial charge on any atom is 0.282 e. The van der Waals surface area contributed by atoms with Gasteiger partial charge in [0, 0.05) is 32.0 Å². The van der Waals surface area contributed by atoms with E-state index in [9.17, 15) is 8.42 Å². The first kappa shape index (κ1) is 14.0. The predicted molar refractivity (Wildman–Crippen MR) is 76.2 cm³/mol. The second kappa shape index (κ2) is 5.46. The smallest absolute Gasteiger partial charge is 0.282 e. The van der Waals surface area contributed by atoms with Gasteiger partial charge in [-0.3, -0.25) is 0 Å². The van der Waals surface area contributed by atoms with Gasteiger partial charge in [-0.25, -0.2) is 4.98 Å². The van der Waals surface area contributed by atoms with Gasteiger partial charge in [0.1, 0.15) is 5.82 Å². The standard InChI is InChI=1S/C13H22N4O2S/c1-11-4-2-8-16(10-11)20(18,19)17-9-3-5-12(17)13-14-6-7-15-13/h6-7,11-12H,2-5,8-10H2,1H3,(H,14,15)/t11-,12+/m1/s1. The van der Waals surface area contributed by atoms with Gasteiger partial charge in [0.05, 0.1) is 6.04 Å². The lowest BCUT2D eigenvalue weighted by Crippen LogP contribution is -2.47. The molecular formula is C13H22N4O2S. The quantitative estimate of drug-likeness (QED) is 0.920. The van der Waals surface area contributed by atoms with Gasteiger partial charge < -0.3 is 4.98 Å². The molecule has 1 aromatic rings. The number of H-pyrrole nitrogens is 1. The summed E-state index contributed by atoms with van der Waals surface area (Å²) >= 11 is 0. The van der Waals surface area contributed by atoms with Crippen LogP contribution in [0.15, 0.2) is 12.4 Å². The normalized spacial score (nSPS) is 29.9. The van der Waals surface area contributed by atoms with Crippen LogP contribution in [0.25, 0.3) is 0 Å². The van der Waals surface area contributed by atoms with Crippen molar-refractivity contribution in [2.24, 2.45) is 5.92 Å². The van der Waals surface area contributed by atoms with Gasteiger partial charge in [0.15, 0.2) is 0 Å². The summed E-state index contributed by atoms with van der Waals surface area (Å²) in [4.78, 5) is 7.30. The van der Waals surface area contributed by atoms with Crippen LogP contribution in [-0.2, 0) is 10.2 Å². The van der Waals surface area contributed by atoms with Crippen molar-refractivity contribution in [1.29, 1.82) is 0 Å². The van der Waals surface area contributed by atoms with Crippen molar-refractivity contribution >= 4 is 10.2 Å². The lowest BCUT2D eigenvalue weighted by atomic mass is 10.0. The van der Waals surface area contributed by atoms with E-state index in [4.69, 9.17) is 0 Å². The minimum atomic E-state index is -3.36. The third kappa shape index (κ3) is 2.49. The molecule has 3 rings (SSSR count). The van der Waals surface area contributed by atoms with Crippen molar-refractivity contribution in [3.63, 3.8) is 0 Å². The molecule has 0 radical (unpaired) electrons. The highest BCUT2D eigenvalue weighted by molar-refractivity contribution is 7.86.